The Kier molecular flexibility index (Phi) is 3.91. The maximum atomic E-state index is 13.9. The molecule has 0 aromatic heterocycles. The van der Waals surface area contributed by atoms with Gasteiger partial charge in [0.25, 0.3) is 0 Å². The molecule has 1 aromatic rings. The number of carbonyl (C=O) groups excluding carboxylic acids is 1. The minimum absolute atomic E-state index is 0.0219. The largest absolute Gasteiger partial charge is 0.395 e. The first kappa shape index (κ1) is 13.0. The molecule has 0 radical (unpaired) electrons. The first-order chi connectivity index (χ1) is 8.67. The zero-order valence-corrected chi connectivity index (χ0v) is 9.90. The Morgan fingerprint density at radius 1 is 1.33 bits per heavy atom. The van der Waals surface area contributed by atoms with Gasteiger partial charge in [-0.15, -0.1) is 0 Å². The highest BCUT2D eigenvalue weighted by Gasteiger charge is 2.28. The van der Waals surface area contributed by atoms with Crippen LogP contribution in [0.1, 0.15) is 29.6 Å². The van der Waals surface area contributed by atoms with Crippen LogP contribution in [0.5, 0.6) is 0 Å². The summed E-state index contributed by atoms with van der Waals surface area (Å²) in [6.07, 6.45) is 3.18. The first-order valence-corrected chi connectivity index (χ1v) is 5.99. The number of aliphatic hydroxyl groups is 1. The first-order valence-electron chi connectivity index (χ1n) is 5.99. The predicted octanol–water partition coefficient (Wildman–Crippen LogP) is 2.13. The van der Waals surface area contributed by atoms with E-state index in [1.54, 1.807) is 4.90 Å². The number of carbonyl (C=O) groups is 1. The molecule has 1 aromatic carbocycles. The maximum absolute atomic E-state index is 13.9. The van der Waals surface area contributed by atoms with Gasteiger partial charge in [-0.2, -0.15) is 0 Å². The molecule has 0 spiro atoms. The molecule has 0 unspecified atom stereocenters. The molecular formula is C13H15F2NO2. The van der Waals surface area contributed by atoms with Crippen LogP contribution in [0.2, 0.25) is 0 Å². The van der Waals surface area contributed by atoms with Gasteiger partial charge in [-0.1, -0.05) is 0 Å². The smallest absolute Gasteiger partial charge is 0.150 e. The second kappa shape index (κ2) is 5.44. The van der Waals surface area contributed by atoms with E-state index in [4.69, 9.17) is 5.11 Å². The minimum Gasteiger partial charge on any atom is -0.395 e. The second-order valence-corrected chi connectivity index (χ2v) is 4.45. The van der Waals surface area contributed by atoms with Crippen LogP contribution in [-0.4, -0.2) is 30.6 Å². The third-order valence-electron chi connectivity index (χ3n) is 3.32. The molecule has 1 aliphatic carbocycles. The topological polar surface area (TPSA) is 40.5 Å². The van der Waals surface area contributed by atoms with Gasteiger partial charge in [0, 0.05) is 18.2 Å². The van der Waals surface area contributed by atoms with Crippen LogP contribution >= 0.6 is 0 Å². The fourth-order valence-electron chi connectivity index (χ4n) is 2.21. The standard InChI is InChI=1S/C13H15F2NO2/c14-11-6-9(8-18)7-12(15)13(11)16(4-5-17)10-2-1-3-10/h6-8,10,17H,1-5H2. The predicted molar refractivity (Wildman–Crippen MR) is 63.8 cm³/mol. The third kappa shape index (κ3) is 2.36. The Morgan fingerprint density at radius 3 is 2.33 bits per heavy atom. The molecule has 0 saturated heterocycles. The van der Waals surface area contributed by atoms with Crippen LogP contribution < -0.4 is 4.90 Å². The van der Waals surface area contributed by atoms with Gasteiger partial charge >= 0.3 is 0 Å². The summed E-state index contributed by atoms with van der Waals surface area (Å²) in [5, 5.41) is 9.01. The van der Waals surface area contributed by atoms with E-state index in [1.165, 1.54) is 0 Å². The molecule has 0 atom stereocenters. The zero-order chi connectivity index (χ0) is 13.1. The van der Waals surface area contributed by atoms with Crippen LogP contribution in [-0.2, 0) is 0 Å². The molecule has 1 aliphatic rings. The number of nitrogens with zero attached hydrogens (tertiary/aromatic N) is 1. The molecule has 0 aliphatic heterocycles. The SMILES string of the molecule is O=Cc1cc(F)c(N(CCO)C2CCC2)c(F)c1. The van der Waals surface area contributed by atoms with Crippen LogP contribution in [0.3, 0.4) is 0 Å². The van der Waals surface area contributed by atoms with Crippen molar-refractivity contribution in [3.05, 3.63) is 29.3 Å². The molecule has 1 N–H and O–H groups in total. The number of hydrogen-bond acceptors (Lipinski definition) is 3. The van der Waals surface area contributed by atoms with Crippen LogP contribution in [0, 0.1) is 11.6 Å². The molecule has 5 heteroatoms. The Bertz CT molecular complexity index is 424. The van der Waals surface area contributed by atoms with Gasteiger partial charge < -0.3 is 10.0 Å². The second-order valence-electron chi connectivity index (χ2n) is 4.45. The Balaban J connectivity index is 2.36. The number of aliphatic hydroxyl groups excluding tert-OH is 1. The van der Waals surface area contributed by atoms with Crippen molar-refractivity contribution in [2.24, 2.45) is 0 Å². The van der Waals surface area contributed by atoms with Crippen molar-refractivity contribution < 1.29 is 18.7 Å². The van der Waals surface area contributed by atoms with Crippen molar-refractivity contribution in [1.29, 1.82) is 0 Å². The van der Waals surface area contributed by atoms with E-state index >= 15 is 0 Å². The third-order valence-corrected chi connectivity index (χ3v) is 3.32. The normalized spacial score (nSPS) is 15.3. The van der Waals surface area contributed by atoms with Gasteiger partial charge in [-0.3, -0.25) is 4.79 Å². The van der Waals surface area contributed by atoms with Gasteiger partial charge in [0.2, 0.25) is 0 Å². The summed E-state index contributed by atoms with van der Waals surface area (Å²) in [6, 6.07) is 2.12. The minimum atomic E-state index is -0.752. The molecule has 18 heavy (non-hydrogen) atoms. The number of anilines is 1. The van der Waals surface area contributed by atoms with E-state index < -0.39 is 11.6 Å². The zero-order valence-electron chi connectivity index (χ0n) is 9.90. The summed E-state index contributed by atoms with van der Waals surface area (Å²) < 4.78 is 27.7. The molecular weight excluding hydrogens is 240 g/mol. The fraction of sp³-hybridized carbons (Fsp3) is 0.462. The number of rotatable bonds is 5. The lowest BCUT2D eigenvalue weighted by Crippen LogP contribution is -2.43. The average Bonchev–Trinajstić information content (AvgIpc) is 2.25. The molecule has 0 bridgehead atoms. The van der Waals surface area contributed by atoms with E-state index in [-0.39, 0.29) is 30.4 Å². The Hall–Kier alpha value is -1.49. The van der Waals surface area contributed by atoms with E-state index in [0.29, 0.717) is 6.29 Å². The summed E-state index contributed by atoms with van der Waals surface area (Å²) in [4.78, 5) is 12.1. The van der Waals surface area contributed by atoms with Crippen LogP contribution in [0.25, 0.3) is 0 Å². The van der Waals surface area contributed by atoms with Crippen LogP contribution in [0.4, 0.5) is 14.5 Å². The number of aldehydes is 1. The Labute approximate surface area is 104 Å². The lowest BCUT2D eigenvalue weighted by Gasteiger charge is -2.39. The molecule has 98 valence electrons. The number of benzene rings is 1. The van der Waals surface area contributed by atoms with E-state index in [1.807, 2.05) is 0 Å². The average molecular weight is 255 g/mol. The summed E-state index contributed by atoms with van der Waals surface area (Å²) in [5.74, 6) is -1.50. The molecule has 2 rings (SSSR count). The Morgan fingerprint density at radius 2 is 1.94 bits per heavy atom. The highest BCUT2D eigenvalue weighted by molar-refractivity contribution is 5.76. The highest BCUT2D eigenvalue weighted by Crippen LogP contribution is 2.33. The molecule has 1 saturated carbocycles. The fourth-order valence-corrected chi connectivity index (χ4v) is 2.21. The van der Waals surface area contributed by atoms with Gasteiger partial charge in [-0.05, 0) is 31.4 Å². The summed E-state index contributed by atoms with van der Waals surface area (Å²) in [5.41, 5.74) is -0.161. The van der Waals surface area contributed by atoms with Crippen molar-refractivity contribution in [1.82, 2.24) is 0 Å². The van der Waals surface area contributed by atoms with Gasteiger partial charge in [0.05, 0.1) is 6.61 Å². The number of hydrogen-bond donors (Lipinski definition) is 1. The summed E-state index contributed by atoms with van der Waals surface area (Å²) in [6.45, 7) is 0.0315. The maximum Gasteiger partial charge on any atom is 0.150 e. The number of halogens is 2. The van der Waals surface area contributed by atoms with E-state index in [9.17, 15) is 13.6 Å². The van der Waals surface area contributed by atoms with Crippen molar-refractivity contribution in [2.75, 3.05) is 18.1 Å². The molecule has 3 nitrogen and oxygen atoms in total. The van der Waals surface area contributed by atoms with Crippen molar-refractivity contribution >= 4 is 12.0 Å². The van der Waals surface area contributed by atoms with Crippen molar-refractivity contribution in [3.8, 4) is 0 Å². The van der Waals surface area contributed by atoms with Crippen molar-refractivity contribution in [3.63, 3.8) is 0 Å². The monoisotopic (exact) mass is 255 g/mol. The molecule has 0 amide bonds. The summed E-state index contributed by atoms with van der Waals surface area (Å²) in [7, 11) is 0. The molecule has 0 heterocycles. The molecule has 1 fully saturated rings. The quantitative estimate of drug-likeness (QED) is 0.819. The van der Waals surface area contributed by atoms with E-state index in [0.717, 1.165) is 31.4 Å². The summed E-state index contributed by atoms with van der Waals surface area (Å²) >= 11 is 0. The van der Waals surface area contributed by atoms with Crippen LogP contribution in [0.15, 0.2) is 12.1 Å². The lowest BCUT2D eigenvalue weighted by atomic mass is 9.91. The highest BCUT2D eigenvalue weighted by atomic mass is 19.1. The van der Waals surface area contributed by atoms with E-state index in [2.05, 4.69) is 0 Å². The van der Waals surface area contributed by atoms with Crippen molar-refractivity contribution in [2.45, 2.75) is 25.3 Å². The lowest BCUT2D eigenvalue weighted by molar-refractivity contribution is 0.112. The van der Waals surface area contributed by atoms with Gasteiger partial charge in [0.1, 0.15) is 23.6 Å². The van der Waals surface area contributed by atoms with Gasteiger partial charge in [0.15, 0.2) is 0 Å². The van der Waals surface area contributed by atoms with Gasteiger partial charge in [-0.25, -0.2) is 8.78 Å².